The SMILES string of the molecule is CN=C(NCc1ccnc(-n2cccn2)c1)N1CCN(c2ccc(F)cc2)CC1. The first-order valence-corrected chi connectivity index (χ1v) is 9.64. The molecule has 7 nitrogen and oxygen atoms in total. The van der Waals surface area contributed by atoms with Gasteiger partial charge in [0.25, 0.3) is 0 Å². The molecule has 1 aliphatic heterocycles. The van der Waals surface area contributed by atoms with E-state index in [1.807, 2.05) is 36.5 Å². The Morgan fingerprint density at radius 1 is 1.10 bits per heavy atom. The molecule has 0 spiro atoms. The van der Waals surface area contributed by atoms with Gasteiger partial charge in [0.1, 0.15) is 5.82 Å². The second-order valence-corrected chi connectivity index (χ2v) is 6.82. The van der Waals surface area contributed by atoms with Gasteiger partial charge in [0.05, 0.1) is 0 Å². The molecule has 0 aliphatic carbocycles. The lowest BCUT2D eigenvalue weighted by atomic mass is 10.2. The molecule has 29 heavy (non-hydrogen) atoms. The van der Waals surface area contributed by atoms with Gasteiger partial charge in [0.2, 0.25) is 0 Å². The van der Waals surface area contributed by atoms with E-state index in [2.05, 4.69) is 30.2 Å². The molecule has 1 saturated heterocycles. The van der Waals surface area contributed by atoms with E-state index in [9.17, 15) is 4.39 Å². The number of halogens is 1. The zero-order valence-electron chi connectivity index (χ0n) is 16.4. The van der Waals surface area contributed by atoms with Crippen molar-refractivity contribution in [2.45, 2.75) is 6.54 Å². The van der Waals surface area contributed by atoms with Crippen LogP contribution in [-0.2, 0) is 6.54 Å². The van der Waals surface area contributed by atoms with Gasteiger partial charge >= 0.3 is 0 Å². The smallest absolute Gasteiger partial charge is 0.194 e. The van der Waals surface area contributed by atoms with E-state index >= 15 is 0 Å². The van der Waals surface area contributed by atoms with Crippen LogP contribution >= 0.6 is 0 Å². The lowest BCUT2D eigenvalue weighted by molar-refractivity contribution is 0.372. The van der Waals surface area contributed by atoms with Gasteiger partial charge in [-0.25, -0.2) is 14.1 Å². The third-order valence-corrected chi connectivity index (χ3v) is 4.98. The highest BCUT2D eigenvalue weighted by molar-refractivity contribution is 5.80. The van der Waals surface area contributed by atoms with Crippen LogP contribution < -0.4 is 10.2 Å². The van der Waals surface area contributed by atoms with Crippen LogP contribution in [0.3, 0.4) is 0 Å². The molecular formula is C21H24FN7. The van der Waals surface area contributed by atoms with Crippen LogP contribution in [0, 0.1) is 5.82 Å². The fraction of sp³-hybridized carbons (Fsp3) is 0.286. The Kier molecular flexibility index (Phi) is 5.69. The van der Waals surface area contributed by atoms with Crippen molar-refractivity contribution in [3.8, 4) is 5.82 Å². The first-order chi connectivity index (χ1) is 14.2. The van der Waals surface area contributed by atoms with Gasteiger partial charge < -0.3 is 15.1 Å². The molecule has 1 N–H and O–H groups in total. The number of hydrogen-bond acceptors (Lipinski definition) is 4. The highest BCUT2D eigenvalue weighted by atomic mass is 19.1. The number of nitrogens with zero attached hydrogens (tertiary/aromatic N) is 6. The number of benzene rings is 1. The summed E-state index contributed by atoms with van der Waals surface area (Å²) in [6.45, 7) is 4.09. The Labute approximate surface area is 169 Å². The van der Waals surface area contributed by atoms with Crippen LogP contribution in [0.1, 0.15) is 5.56 Å². The molecule has 3 heterocycles. The van der Waals surface area contributed by atoms with Gasteiger partial charge in [-0.05, 0) is 48.0 Å². The molecule has 0 amide bonds. The molecule has 0 radical (unpaired) electrons. The average Bonchev–Trinajstić information content (AvgIpc) is 3.31. The van der Waals surface area contributed by atoms with Crippen LogP contribution in [0.4, 0.5) is 10.1 Å². The van der Waals surface area contributed by atoms with E-state index < -0.39 is 0 Å². The number of rotatable bonds is 4. The summed E-state index contributed by atoms with van der Waals surface area (Å²) in [5, 5.41) is 7.67. The molecule has 1 aliphatic rings. The van der Waals surface area contributed by atoms with Crippen LogP contribution in [0.25, 0.3) is 5.82 Å². The molecule has 0 bridgehead atoms. The number of pyridine rings is 1. The molecule has 0 unspecified atom stereocenters. The van der Waals surface area contributed by atoms with Crippen molar-refractivity contribution in [2.75, 3.05) is 38.1 Å². The summed E-state index contributed by atoms with van der Waals surface area (Å²) in [6.07, 6.45) is 5.40. The third-order valence-electron chi connectivity index (χ3n) is 4.98. The fourth-order valence-electron chi connectivity index (χ4n) is 3.44. The van der Waals surface area contributed by atoms with E-state index in [0.717, 1.165) is 49.2 Å². The maximum atomic E-state index is 13.1. The standard InChI is InChI=1S/C21H24FN7/c1-23-21(25-16-17-7-9-24-20(15-17)29-10-2-8-26-29)28-13-11-27(12-14-28)19-5-3-18(22)4-6-19/h2-10,15H,11-14,16H2,1H3,(H,23,25). The lowest BCUT2D eigenvalue weighted by Gasteiger charge is -2.37. The van der Waals surface area contributed by atoms with Gasteiger partial charge in [0, 0.05) is 64.0 Å². The first-order valence-electron chi connectivity index (χ1n) is 9.64. The molecule has 4 rings (SSSR count). The first kappa shape index (κ1) is 18.9. The molecule has 0 saturated carbocycles. The van der Waals surface area contributed by atoms with Crippen molar-refractivity contribution >= 4 is 11.6 Å². The van der Waals surface area contributed by atoms with Crippen molar-refractivity contribution in [2.24, 2.45) is 4.99 Å². The second-order valence-electron chi connectivity index (χ2n) is 6.82. The van der Waals surface area contributed by atoms with Crippen LogP contribution in [0.2, 0.25) is 0 Å². The maximum Gasteiger partial charge on any atom is 0.194 e. The molecule has 2 aromatic heterocycles. The van der Waals surface area contributed by atoms with Crippen LogP contribution in [-0.4, -0.2) is 58.9 Å². The Morgan fingerprint density at radius 3 is 2.59 bits per heavy atom. The summed E-state index contributed by atoms with van der Waals surface area (Å²) < 4.78 is 14.9. The number of guanidine groups is 1. The fourth-order valence-corrected chi connectivity index (χ4v) is 3.44. The number of aliphatic imine (C=N–C) groups is 1. The summed E-state index contributed by atoms with van der Waals surface area (Å²) in [7, 11) is 1.80. The largest absolute Gasteiger partial charge is 0.368 e. The van der Waals surface area contributed by atoms with Gasteiger partial charge in [-0.15, -0.1) is 0 Å². The highest BCUT2D eigenvalue weighted by Gasteiger charge is 2.19. The predicted octanol–water partition coefficient (Wildman–Crippen LogP) is 2.30. The minimum atomic E-state index is -0.205. The number of piperazine rings is 1. The Hall–Kier alpha value is -3.42. The zero-order chi connectivity index (χ0) is 20.1. The predicted molar refractivity (Wildman–Crippen MR) is 112 cm³/mol. The van der Waals surface area contributed by atoms with Gasteiger partial charge in [-0.3, -0.25) is 4.99 Å². The minimum absolute atomic E-state index is 0.205. The molecule has 1 fully saturated rings. The quantitative estimate of drug-likeness (QED) is 0.544. The van der Waals surface area contributed by atoms with Crippen molar-refractivity contribution in [1.82, 2.24) is 25.0 Å². The Balaban J connectivity index is 1.33. The minimum Gasteiger partial charge on any atom is -0.368 e. The maximum absolute atomic E-state index is 13.1. The Bertz CT molecular complexity index is 945. The van der Waals surface area contributed by atoms with E-state index in [0.29, 0.717) is 6.54 Å². The van der Waals surface area contributed by atoms with E-state index in [1.54, 1.807) is 24.1 Å². The van der Waals surface area contributed by atoms with E-state index in [4.69, 9.17) is 0 Å². The number of aromatic nitrogens is 3. The summed E-state index contributed by atoms with van der Waals surface area (Å²) in [5.74, 6) is 1.46. The molecular weight excluding hydrogens is 369 g/mol. The topological polar surface area (TPSA) is 61.6 Å². The summed E-state index contributed by atoms with van der Waals surface area (Å²) in [4.78, 5) is 13.3. The number of anilines is 1. The molecule has 3 aromatic rings. The van der Waals surface area contributed by atoms with Crippen molar-refractivity contribution in [3.05, 3.63) is 72.4 Å². The van der Waals surface area contributed by atoms with Crippen molar-refractivity contribution < 1.29 is 4.39 Å². The molecule has 8 heteroatoms. The van der Waals surface area contributed by atoms with E-state index in [-0.39, 0.29) is 5.82 Å². The normalized spacial score (nSPS) is 14.9. The number of hydrogen-bond donors (Lipinski definition) is 1. The third kappa shape index (κ3) is 4.53. The van der Waals surface area contributed by atoms with Crippen LogP contribution in [0.15, 0.2) is 66.0 Å². The van der Waals surface area contributed by atoms with Crippen LogP contribution in [0.5, 0.6) is 0 Å². The van der Waals surface area contributed by atoms with Crippen molar-refractivity contribution in [3.63, 3.8) is 0 Å². The molecule has 150 valence electrons. The average molecular weight is 393 g/mol. The number of nitrogens with one attached hydrogen (secondary N) is 1. The summed E-state index contributed by atoms with van der Waals surface area (Å²) >= 11 is 0. The van der Waals surface area contributed by atoms with Gasteiger partial charge in [-0.2, -0.15) is 5.10 Å². The monoisotopic (exact) mass is 393 g/mol. The highest BCUT2D eigenvalue weighted by Crippen LogP contribution is 2.17. The summed E-state index contributed by atoms with van der Waals surface area (Å²) in [5.41, 5.74) is 2.16. The van der Waals surface area contributed by atoms with E-state index in [1.165, 1.54) is 12.1 Å². The summed E-state index contributed by atoms with van der Waals surface area (Å²) in [6, 6.07) is 12.6. The zero-order valence-corrected chi connectivity index (χ0v) is 16.4. The second kappa shape index (κ2) is 8.72. The molecule has 0 atom stereocenters. The van der Waals surface area contributed by atoms with Crippen molar-refractivity contribution in [1.29, 1.82) is 0 Å². The molecule has 1 aromatic carbocycles. The Morgan fingerprint density at radius 2 is 1.90 bits per heavy atom. The van der Waals surface area contributed by atoms with Gasteiger partial charge in [-0.1, -0.05) is 0 Å². The van der Waals surface area contributed by atoms with Gasteiger partial charge in [0.15, 0.2) is 11.8 Å². The lowest BCUT2D eigenvalue weighted by Crippen LogP contribution is -2.52.